The van der Waals surface area contributed by atoms with Crippen LogP contribution in [0, 0.1) is 0 Å². The standard InChI is InChI=1S/C22H34N6O/c1-23-22(24-13-7-16-27-14-5-3-4-6-15-27)25-18-19-12-17-28(26-19)20-8-10-21(29-2)11-9-20/h8-12,17H,3-7,13-16,18H2,1-2H3,(H2,23,24,25). The summed E-state index contributed by atoms with van der Waals surface area (Å²) in [5.41, 5.74) is 1.97. The molecule has 0 unspecified atom stereocenters. The predicted octanol–water partition coefficient (Wildman–Crippen LogP) is 2.81. The van der Waals surface area contributed by atoms with E-state index in [2.05, 4.69) is 25.6 Å². The molecule has 2 aromatic rings. The fraction of sp³-hybridized carbons (Fsp3) is 0.545. The molecule has 0 radical (unpaired) electrons. The summed E-state index contributed by atoms with van der Waals surface area (Å²) in [5.74, 6) is 1.66. The largest absolute Gasteiger partial charge is 0.497 e. The molecule has 0 aliphatic carbocycles. The molecule has 1 saturated heterocycles. The van der Waals surface area contributed by atoms with Crippen molar-refractivity contribution in [3.63, 3.8) is 0 Å². The summed E-state index contributed by atoms with van der Waals surface area (Å²) in [6, 6.07) is 9.88. The van der Waals surface area contributed by atoms with Gasteiger partial charge in [-0.15, -0.1) is 0 Å². The Bertz CT molecular complexity index is 747. The lowest BCUT2D eigenvalue weighted by Crippen LogP contribution is -2.38. The molecule has 29 heavy (non-hydrogen) atoms. The average molecular weight is 399 g/mol. The van der Waals surface area contributed by atoms with E-state index in [0.29, 0.717) is 6.54 Å². The van der Waals surface area contributed by atoms with E-state index in [1.54, 1.807) is 14.2 Å². The fourth-order valence-corrected chi connectivity index (χ4v) is 3.60. The van der Waals surface area contributed by atoms with Crippen molar-refractivity contribution in [3.05, 3.63) is 42.2 Å². The zero-order chi connectivity index (χ0) is 20.3. The van der Waals surface area contributed by atoms with Gasteiger partial charge in [0.1, 0.15) is 5.75 Å². The van der Waals surface area contributed by atoms with Gasteiger partial charge in [-0.3, -0.25) is 4.99 Å². The Morgan fingerprint density at radius 1 is 1.07 bits per heavy atom. The second kappa shape index (κ2) is 11.5. The van der Waals surface area contributed by atoms with Crippen LogP contribution in [0.2, 0.25) is 0 Å². The first-order valence-corrected chi connectivity index (χ1v) is 10.6. The summed E-state index contributed by atoms with van der Waals surface area (Å²) in [5, 5.41) is 11.4. The molecule has 7 nitrogen and oxygen atoms in total. The van der Waals surface area contributed by atoms with Crippen LogP contribution in [0.4, 0.5) is 0 Å². The van der Waals surface area contributed by atoms with Crippen LogP contribution in [0.5, 0.6) is 5.75 Å². The van der Waals surface area contributed by atoms with Crippen molar-refractivity contribution < 1.29 is 4.74 Å². The van der Waals surface area contributed by atoms with Crippen molar-refractivity contribution in [2.24, 2.45) is 4.99 Å². The third-order valence-electron chi connectivity index (χ3n) is 5.28. The second-order valence-electron chi connectivity index (χ2n) is 7.41. The number of hydrogen-bond donors (Lipinski definition) is 2. The van der Waals surface area contributed by atoms with Gasteiger partial charge in [-0.25, -0.2) is 4.68 Å². The van der Waals surface area contributed by atoms with Crippen LogP contribution >= 0.6 is 0 Å². The maximum Gasteiger partial charge on any atom is 0.191 e. The van der Waals surface area contributed by atoms with Crippen molar-refractivity contribution in [1.29, 1.82) is 0 Å². The Morgan fingerprint density at radius 2 is 1.83 bits per heavy atom. The van der Waals surface area contributed by atoms with Gasteiger partial charge in [0, 0.05) is 19.8 Å². The first-order valence-electron chi connectivity index (χ1n) is 10.6. The second-order valence-corrected chi connectivity index (χ2v) is 7.41. The van der Waals surface area contributed by atoms with Gasteiger partial charge in [-0.2, -0.15) is 5.10 Å². The van der Waals surface area contributed by atoms with Gasteiger partial charge in [-0.05, 0) is 69.2 Å². The molecule has 1 aliphatic heterocycles. The normalized spacial score (nSPS) is 15.7. The molecule has 1 fully saturated rings. The van der Waals surface area contributed by atoms with Gasteiger partial charge >= 0.3 is 0 Å². The lowest BCUT2D eigenvalue weighted by Gasteiger charge is -2.20. The predicted molar refractivity (Wildman–Crippen MR) is 118 cm³/mol. The third kappa shape index (κ3) is 6.78. The molecule has 158 valence electrons. The molecular formula is C22H34N6O. The minimum absolute atomic E-state index is 0.634. The van der Waals surface area contributed by atoms with Crippen molar-refractivity contribution in [2.45, 2.75) is 38.6 Å². The Labute approximate surface area is 174 Å². The number of benzene rings is 1. The summed E-state index contributed by atoms with van der Waals surface area (Å²) in [6.45, 7) is 5.23. The molecule has 1 aromatic carbocycles. The van der Waals surface area contributed by atoms with Crippen molar-refractivity contribution in [2.75, 3.05) is 40.3 Å². The molecule has 0 spiro atoms. The molecule has 3 rings (SSSR count). The topological polar surface area (TPSA) is 66.7 Å². The maximum absolute atomic E-state index is 5.21. The summed E-state index contributed by atoms with van der Waals surface area (Å²) in [7, 11) is 3.47. The van der Waals surface area contributed by atoms with Crippen LogP contribution in [0.25, 0.3) is 5.69 Å². The molecule has 2 heterocycles. The Balaban J connectivity index is 1.39. The first-order chi connectivity index (χ1) is 14.3. The highest BCUT2D eigenvalue weighted by atomic mass is 16.5. The highest BCUT2D eigenvalue weighted by molar-refractivity contribution is 5.79. The molecule has 7 heteroatoms. The molecule has 1 aromatic heterocycles. The van der Waals surface area contributed by atoms with E-state index in [9.17, 15) is 0 Å². The van der Waals surface area contributed by atoms with Gasteiger partial charge in [0.2, 0.25) is 0 Å². The maximum atomic E-state index is 5.21. The minimum Gasteiger partial charge on any atom is -0.497 e. The van der Waals surface area contributed by atoms with E-state index in [4.69, 9.17) is 4.74 Å². The van der Waals surface area contributed by atoms with E-state index in [1.165, 1.54) is 38.8 Å². The molecule has 0 saturated carbocycles. The molecule has 0 amide bonds. The SMILES string of the molecule is CN=C(NCCCN1CCCCCC1)NCc1ccn(-c2ccc(OC)cc2)n1. The molecular weight excluding hydrogens is 364 g/mol. The van der Waals surface area contributed by atoms with Crippen LogP contribution in [0.15, 0.2) is 41.5 Å². The van der Waals surface area contributed by atoms with E-state index >= 15 is 0 Å². The number of aromatic nitrogens is 2. The number of aliphatic imine (C=N–C) groups is 1. The van der Waals surface area contributed by atoms with Gasteiger partial charge in [-0.1, -0.05) is 12.8 Å². The van der Waals surface area contributed by atoms with E-state index in [1.807, 2.05) is 41.2 Å². The number of likely N-dealkylation sites (tertiary alicyclic amines) is 1. The summed E-state index contributed by atoms with van der Waals surface area (Å²) < 4.78 is 7.07. The molecule has 2 N–H and O–H groups in total. The molecule has 0 bridgehead atoms. The third-order valence-corrected chi connectivity index (χ3v) is 5.28. The fourth-order valence-electron chi connectivity index (χ4n) is 3.60. The van der Waals surface area contributed by atoms with Crippen molar-refractivity contribution >= 4 is 5.96 Å². The van der Waals surface area contributed by atoms with E-state index < -0.39 is 0 Å². The average Bonchev–Trinajstić information content (AvgIpc) is 3.08. The van der Waals surface area contributed by atoms with Crippen molar-refractivity contribution in [3.8, 4) is 11.4 Å². The summed E-state index contributed by atoms with van der Waals surface area (Å²) in [6.07, 6.45) is 8.57. The smallest absolute Gasteiger partial charge is 0.191 e. The van der Waals surface area contributed by atoms with Crippen LogP contribution < -0.4 is 15.4 Å². The number of methoxy groups -OCH3 is 1. The van der Waals surface area contributed by atoms with Gasteiger partial charge in [0.25, 0.3) is 0 Å². The van der Waals surface area contributed by atoms with Crippen molar-refractivity contribution in [1.82, 2.24) is 25.3 Å². The van der Waals surface area contributed by atoms with Crippen LogP contribution in [-0.4, -0.2) is 61.0 Å². The number of guanidine groups is 1. The number of rotatable bonds is 8. The minimum atomic E-state index is 0.634. The highest BCUT2D eigenvalue weighted by Gasteiger charge is 2.08. The van der Waals surface area contributed by atoms with Gasteiger partial charge in [0.05, 0.1) is 25.0 Å². The first kappa shape index (κ1) is 21.2. The monoisotopic (exact) mass is 398 g/mol. The zero-order valence-corrected chi connectivity index (χ0v) is 17.7. The zero-order valence-electron chi connectivity index (χ0n) is 17.7. The molecule has 0 atom stereocenters. The highest BCUT2D eigenvalue weighted by Crippen LogP contribution is 2.14. The van der Waals surface area contributed by atoms with Crippen LogP contribution in [0.1, 0.15) is 37.8 Å². The van der Waals surface area contributed by atoms with E-state index in [0.717, 1.165) is 42.6 Å². The number of hydrogen-bond acceptors (Lipinski definition) is 4. The Kier molecular flexibility index (Phi) is 8.37. The van der Waals surface area contributed by atoms with E-state index in [-0.39, 0.29) is 0 Å². The lowest BCUT2D eigenvalue weighted by atomic mass is 10.2. The number of ether oxygens (including phenoxy) is 1. The number of nitrogens with one attached hydrogen (secondary N) is 2. The number of nitrogens with zero attached hydrogens (tertiary/aromatic N) is 4. The Morgan fingerprint density at radius 3 is 2.52 bits per heavy atom. The Hall–Kier alpha value is -2.54. The lowest BCUT2D eigenvalue weighted by molar-refractivity contribution is 0.282. The van der Waals surface area contributed by atoms with Gasteiger partial charge in [0.15, 0.2) is 5.96 Å². The van der Waals surface area contributed by atoms with Crippen LogP contribution in [-0.2, 0) is 6.54 Å². The summed E-state index contributed by atoms with van der Waals surface area (Å²) in [4.78, 5) is 6.91. The molecule has 1 aliphatic rings. The van der Waals surface area contributed by atoms with Crippen LogP contribution in [0.3, 0.4) is 0 Å². The quantitative estimate of drug-likeness (QED) is 0.407. The van der Waals surface area contributed by atoms with Gasteiger partial charge < -0.3 is 20.3 Å². The summed E-state index contributed by atoms with van der Waals surface area (Å²) >= 11 is 0.